The predicted octanol–water partition coefficient (Wildman–Crippen LogP) is 1.58. The molecule has 0 radical (unpaired) electrons. The van der Waals surface area contributed by atoms with Crippen LogP contribution < -0.4 is 9.47 Å². The summed E-state index contributed by atoms with van der Waals surface area (Å²) in [5, 5.41) is 0. The zero-order valence-corrected chi connectivity index (χ0v) is 14.9. The third-order valence-electron chi connectivity index (χ3n) is 1.91. The zero-order valence-electron chi connectivity index (χ0n) is 13.6. The van der Waals surface area contributed by atoms with Gasteiger partial charge in [0, 0.05) is 0 Å². The molecule has 132 valence electrons. The van der Waals surface area contributed by atoms with E-state index in [4.69, 9.17) is 37.5 Å². The molecule has 0 amide bonds. The number of hydrogen-bond acceptors (Lipinski definition) is 3. The van der Waals surface area contributed by atoms with Crippen LogP contribution in [0, 0.1) is 33.3 Å². The molecule has 0 N–H and O–H groups in total. The number of methoxy groups -OCH3 is 2. The Bertz CT molecular complexity index is 486. The van der Waals surface area contributed by atoms with Crippen molar-refractivity contribution in [2.45, 2.75) is 6.92 Å². The van der Waals surface area contributed by atoms with E-state index in [0.29, 0.717) is 11.2 Å². The van der Waals surface area contributed by atoms with Gasteiger partial charge < -0.3 is 0 Å². The molecule has 0 atom stereocenters. The third-order valence-corrected chi connectivity index (χ3v) is 2.41. The molecule has 0 saturated carbocycles. The van der Waals surface area contributed by atoms with Crippen molar-refractivity contribution in [1.82, 2.24) is 0 Å². The molecule has 1 aromatic carbocycles. The van der Waals surface area contributed by atoms with Crippen LogP contribution in [0.2, 0.25) is 0 Å². The van der Waals surface area contributed by atoms with E-state index in [1.54, 1.807) is 14.2 Å². The van der Waals surface area contributed by atoms with Crippen molar-refractivity contribution in [2.24, 2.45) is 0 Å². The van der Waals surface area contributed by atoms with Crippen molar-refractivity contribution in [3.05, 3.63) is 57.0 Å². The Labute approximate surface area is 154 Å². The van der Waals surface area contributed by atoms with Gasteiger partial charge in [-0.15, -0.1) is 0 Å². The van der Waals surface area contributed by atoms with E-state index in [1.165, 1.54) is 0 Å². The van der Waals surface area contributed by atoms with Crippen molar-refractivity contribution < 1.29 is 53.3 Å². The van der Waals surface area contributed by atoms with Crippen LogP contribution in [-0.2, 0) is 43.8 Å². The van der Waals surface area contributed by atoms with Gasteiger partial charge in [0.2, 0.25) is 0 Å². The van der Waals surface area contributed by atoms with Gasteiger partial charge in [-0.1, -0.05) is 0 Å². The Balaban J connectivity index is -0.000000114. The fraction of sp³-hybridized carbons (Fsp3) is 0.250. The molecular formula is C16H14CrO8. The quantitative estimate of drug-likeness (QED) is 0.563. The molecule has 0 bridgehead atoms. The van der Waals surface area contributed by atoms with Gasteiger partial charge in [0.25, 0.3) is 0 Å². The molecule has 0 unspecified atom stereocenters. The van der Waals surface area contributed by atoms with E-state index in [1.807, 2.05) is 25.1 Å². The topological polar surface area (TPSA) is 127 Å². The fourth-order valence-electron chi connectivity index (χ4n) is 1.26. The first kappa shape index (κ1) is 34.3. The van der Waals surface area contributed by atoms with Crippen LogP contribution in [-0.4, -0.2) is 25.4 Å². The van der Waals surface area contributed by atoms with Crippen molar-refractivity contribution in [1.29, 1.82) is 0 Å². The Hall–Kier alpha value is -2.12. The van der Waals surface area contributed by atoms with Gasteiger partial charge in [0.05, 0.1) is 0 Å². The molecule has 0 fully saturated rings. The first-order chi connectivity index (χ1) is 12.2. The van der Waals surface area contributed by atoms with E-state index in [0.717, 1.165) is 17.1 Å². The second kappa shape index (κ2) is 33.5. The monoisotopic (exact) mass is 386 g/mol. The van der Waals surface area contributed by atoms with Gasteiger partial charge in [-0.2, -0.15) is 0 Å². The zero-order chi connectivity index (χ0) is 21.3. The van der Waals surface area contributed by atoms with Crippen LogP contribution in [0.25, 0.3) is 0 Å². The molecule has 0 aliphatic rings. The summed E-state index contributed by atoms with van der Waals surface area (Å²) in [5.41, 5.74) is 0.823. The number of ether oxygens (including phenoxy) is 3. The van der Waals surface area contributed by atoms with Crippen LogP contribution in [0.4, 0.5) is 0 Å². The van der Waals surface area contributed by atoms with Gasteiger partial charge in [-0.3, -0.25) is 0 Å². The van der Waals surface area contributed by atoms with E-state index >= 15 is 0 Å². The molecule has 8 nitrogen and oxygen atoms in total. The molecule has 0 spiro atoms. The van der Waals surface area contributed by atoms with Gasteiger partial charge in [0.15, 0.2) is 0 Å². The van der Waals surface area contributed by atoms with E-state index in [2.05, 4.69) is 49.1 Å². The minimum absolute atomic E-state index is 0.601. The summed E-state index contributed by atoms with van der Waals surface area (Å²) in [4.78, 5) is 0. The summed E-state index contributed by atoms with van der Waals surface area (Å²) >= 11 is 2.88. The van der Waals surface area contributed by atoms with Gasteiger partial charge >= 0.3 is 154 Å². The molecular weight excluding hydrogens is 372 g/mol. The molecule has 1 rings (SSSR count). The van der Waals surface area contributed by atoms with E-state index < -0.39 is 0 Å². The minimum atomic E-state index is 0.601. The van der Waals surface area contributed by atoms with E-state index in [-0.39, 0.29) is 0 Å². The molecule has 0 heterocycles. The number of benzene rings is 1. The predicted molar refractivity (Wildman–Crippen MR) is 74.9 cm³/mol. The first-order valence-corrected chi connectivity index (χ1v) is 6.28. The number of hydrogen-bond donors (Lipinski definition) is 0. The van der Waals surface area contributed by atoms with Crippen molar-refractivity contribution in [2.75, 3.05) is 20.8 Å². The average Bonchev–Trinajstić information content (AvgIpc) is 2.74. The average molecular weight is 386 g/mol. The second-order valence-corrected chi connectivity index (χ2v) is 3.34. The molecule has 9 heteroatoms. The van der Waals surface area contributed by atoms with Crippen molar-refractivity contribution in [3.8, 4) is 11.5 Å². The van der Waals surface area contributed by atoms with Crippen LogP contribution in [0.15, 0.2) is 18.2 Å². The Morgan fingerprint density at radius 1 is 0.840 bits per heavy atom. The first-order valence-electron chi connectivity index (χ1n) is 5.64. The fourth-order valence-corrected chi connectivity index (χ4v) is 1.75. The summed E-state index contributed by atoms with van der Waals surface area (Å²) in [6.45, 7) is 25.0. The summed E-state index contributed by atoms with van der Waals surface area (Å²) in [6, 6.07) is 5.61. The SMILES string of the molecule is CCO[C](=[Cr])c1c(OC)cccc1OC.[C-]#[O+].[C-]#[O+].[C-]#[O+].[C-]#[O+].[C-]#[O+]. The standard InChI is InChI=1S/C11H14O3.5CO.Cr/c1-4-14-8-9-10(12-2)6-5-7-11(9)13-3;5*1-2;/h5-7H,4H2,1-3H3;;;;;;. The molecule has 1 aromatic rings. The van der Waals surface area contributed by atoms with Crippen LogP contribution in [0.5, 0.6) is 11.5 Å². The maximum atomic E-state index is 7.50. The van der Waals surface area contributed by atoms with Gasteiger partial charge in [-0.05, 0) is 0 Å². The maximum absolute atomic E-state index is 7.50. The van der Waals surface area contributed by atoms with E-state index in [9.17, 15) is 0 Å². The summed E-state index contributed by atoms with van der Waals surface area (Å²) in [7, 11) is 3.25. The van der Waals surface area contributed by atoms with Crippen molar-refractivity contribution in [3.63, 3.8) is 0 Å². The molecule has 0 aliphatic heterocycles. The summed E-state index contributed by atoms with van der Waals surface area (Å²) in [6.07, 6.45) is 0. The molecule has 0 saturated heterocycles. The number of rotatable bonds is 5. The third kappa shape index (κ3) is 16.5. The Kier molecular flexibility index (Phi) is 45.9. The second-order valence-electron chi connectivity index (χ2n) is 2.76. The van der Waals surface area contributed by atoms with Crippen molar-refractivity contribution >= 4 is 4.57 Å². The Morgan fingerprint density at radius 2 is 1.16 bits per heavy atom. The van der Waals surface area contributed by atoms with Gasteiger partial charge in [0.1, 0.15) is 0 Å². The van der Waals surface area contributed by atoms with Gasteiger partial charge in [-0.25, -0.2) is 0 Å². The summed E-state index contributed by atoms with van der Waals surface area (Å²) < 4.78 is 54.1. The molecule has 0 aliphatic carbocycles. The van der Waals surface area contributed by atoms with Crippen LogP contribution in [0.1, 0.15) is 12.5 Å². The molecule has 25 heavy (non-hydrogen) atoms. The van der Waals surface area contributed by atoms with Crippen LogP contribution >= 0.6 is 0 Å². The van der Waals surface area contributed by atoms with Crippen LogP contribution in [0.3, 0.4) is 0 Å². The summed E-state index contributed by atoms with van der Waals surface area (Å²) in [5.74, 6) is 1.47. The normalized spacial score (nSPS) is 6.28. The Morgan fingerprint density at radius 3 is 1.40 bits per heavy atom. The molecule has 0 aromatic heterocycles.